The fourth-order valence-corrected chi connectivity index (χ4v) is 2.05. The van der Waals surface area contributed by atoms with E-state index in [0.717, 1.165) is 11.1 Å². The van der Waals surface area contributed by atoms with Gasteiger partial charge in [0.25, 0.3) is 0 Å². The molecule has 2 rings (SSSR count). The van der Waals surface area contributed by atoms with Gasteiger partial charge in [-0.2, -0.15) is 0 Å². The van der Waals surface area contributed by atoms with E-state index in [1.165, 1.54) is 6.08 Å². The molecule has 0 radical (unpaired) electrons. The molecule has 21 heavy (non-hydrogen) atoms. The molecule has 2 aromatic rings. The average Bonchev–Trinajstić information content (AvgIpc) is 2.54. The Kier molecular flexibility index (Phi) is 5.73. The van der Waals surface area contributed by atoms with Crippen molar-refractivity contribution in [1.29, 1.82) is 0 Å². The maximum Gasteiger partial charge on any atom is 0.244 e. The second kappa shape index (κ2) is 8.02. The van der Waals surface area contributed by atoms with Crippen molar-refractivity contribution in [2.24, 2.45) is 0 Å². The van der Waals surface area contributed by atoms with Gasteiger partial charge in [-0.3, -0.25) is 4.79 Å². The van der Waals surface area contributed by atoms with Gasteiger partial charge in [-0.1, -0.05) is 60.7 Å². The summed E-state index contributed by atoms with van der Waals surface area (Å²) >= 11 is 0. The van der Waals surface area contributed by atoms with Crippen LogP contribution in [0, 0.1) is 0 Å². The minimum absolute atomic E-state index is 0.0835. The standard InChI is InChI=1S/C18H19NO2/c20-14-17(13-16-9-5-2-6-10-16)19-18(21)12-11-15-7-3-1-4-8-15/h1-12,17,20H,13-14H2,(H,19,21)/b12-11+/t17-/m0/s1. The van der Waals surface area contributed by atoms with Crippen LogP contribution in [0.3, 0.4) is 0 Å². The van der Waals surface area contributed by atoms with Crippen molar-refractivity contribution in [1.82, 2.24) is 5.32 Å². The molecule has 0 saturated heterocycles. The van der Waals surface area contributed by atoms with E-state index < -0.39 is 0 Å². The van der Waals surface area contributed by atoms with Crippen LogP contribution in [0.25, 0.3) is 6.08 Å². The van der Waals surface area contributed by atoms with Gasteiger partial charge < -0.3 is 10.4 Å². The Hall–Kier alpha value is -2.39. The lowest BCUT2D eigenvalue weighted by Gasteiger charge is -2.15. The maximum atomic E-state index is 11.9. The number of aliphatic hydroxyl groups excluding tert-OH is 1. The van der Waals surface area contributed by atoms with Gasteiger partial charge in [0.05, 0.1) is 12.6 Å². The summed E-state index contributed by atoms with van der Waals surface area (Å²) < 4.78 is 0. The number of hydrogen-bond acceptors (Lipinski definition) is 2. The Bertz CT molecular complexity index is 579. The Morgan fingerprint density at radius 3 is 2.29 bits per heavy atom. The predicted octanol–water partition coefficient (Wildman–Crippen LogP) is 2.42. The zero-order valence-electron chi connectivity index (χ0n) is 11.8. The van der Waals surface area contributed by atoms with E-state index in [4.69, 9.17) is 0 Å². The molecular weight excluding hydrogens is 262 g/mol. The van der Waals surface area contributed by atoms with E-state index in [0.29, 0.717) is 6.42 Å². The van der Waals surface area contributed by atoms with E-state index >= 15 is 0 Å². The van der Waals surface area contributed by atoms with Crippen molar-refractivity contribution in [3.8, 4) is 0 Å². The predicted molar refractivity (Wildman–Crippen MR) is 84.6 cm³/mol. The second-order valence-corrected chi connectivity index (χ2v) is 4.82. The maximum absolute atomic E-state index is 11.9. The van der Waals surface area contributed by atoms with Crippen LogP contribution >= 0.6 is 0 Å². The van der Waals surface area contributed by atoms with Crippen molar-refractivity contribution in [3.05, 3.63) is 77.9 Å². The minimum atomic E-state index is -0.277. The lowest BCUT2D eigenvalue weighted by molar-refractivity contribution is -0.117. The molecular formula is C18H19NO2. The smallest absolute Gasteiger partial charge is 0.244 e. The number of nitrogens with one attached hydrogen (secondary N) is 1. The van der Waals surface area contributed by atoms with E-state index in [1.54, 1.807) is 6.08 Å². The summed E-state index contributed by atoms with van der Waals surface area (Å²) in [5.41, 5.74) is 2.06. The third-order valence-electron chi connectivity index (χ3n) is 3.12. The third-order valence-corrected chi connectivity index (χ3v) is 3.12. The Morgan fingerprint density at radius 2 is 1.67 bits per heavy atom. The SMILES string of the molecule is O=C(/C=C/c1ccccc1)N[C@H](CO)Cc1ccccc1. The van der Waals surface area contributed by atoms with Crippen LogP contribution in [-0.4, -0.2) is 23.7 Å². The lowest BCUT2D eigenvalue weighted by atomic mass is 10.1. The molecule has 0 unspecified atom stereocenters. The zero-order chi connectivity index (χ0) is 14.9. The third kappa shape index (κ3) is 5.24. The summed E-state index contributed by atoms with van der Waals surface area (Å²) in [6, 6.07) is 19.1. The first-order chi connectivity index (χ1) is 10.3. The van der Waals surface area contributed by atoms with Crippen LogP contribution < -0.4 is 5.32 Å². The summed E-state index contributed by atoms with van der Waals surface area (Å²) in [5.74, 6) is -0.200. The number of hydrogen-bond donors (Lipinski definition) is 2. The molecule has 0 saturated carbocycles. The lowest BCUT2D eigenvalue weighted by Crippen LogP contribution is -2.38. The molecule has 0 bridgehead atoms. The summed E-state index contributed by atoms with van der Waals surface area (Å²) in [7, 11) is 0. The van der Waals surface area contributed by atoms with Crippen LogP contribution in [0.2, 0.25) is 0 Å². The molecule has 0 aliphatic carbocycles. The first-order valence-corrected chi connectivity index (χ1v) is 6.96. The normalized spacial score (nSPS) is 12.2. The van der Waals surface area contributed by atoms with Crippen molar-refractivity contribution in [2.75, 3.05) is 6.61 Å². The van der Waals surface area contributed by atoms with E-state index in [9.17, 15) is 9.90 Å². The fraction of sp³-hybridized carbons (Fsp3) is 0.167. The first kappa shape index (κ1) is 15.0. The second-order valence-electron chi connectivity index (χ2n) is 4.82. The van der Waals surface area contributed by atoms with Gasteiger partial charge in [0, 0.05) is 6.08 Å². The molecule has 1 amide bonds. The number of carbonyl (C=O) groups excluding carboxylic acids is 1. The highest BCUT2D eigenvalue weighted by atomic mass is 16.3. The molecule has 3 heteroatoms. The topological polar surface area (TPSA) is 49.3 Å². The molecule has 2 aromatic carbocycles. The highest BCUT2D eigenvalue weighted by Crippen LogP contribution is 2.04. The quantitative estimate of drug-likeness (QED) is 0.799. The molecule has 0 spiro atoms. The van der Waals surface area contributed by atoms with Crippen LogP contribution in [0.4, 0.5) is 0 Å². The summed E-state index contributed by atoms with van der Waals surface area (Å²) in [6.07, 6.45) is 3.86. The zero-order valence-corrected chi connectivity index (χ0v) is 11.8. The number of amides is 1. The van der Waals surface area contributed by atoms with Crippen molar-refractivity contribution < 1.29 is 9.90 Å². The van der Waals surface area contributed by atoms with Gasteiger partial charge in [-0.15, -0.1) is 0 Å². The Morgan fingerprint density at radius 1 is 1.05 bits per heavy atom. The molecule has 0 fully saturated rings. The molecule has 2 N–H and O–H groups in total. The molecule has 0 heterocycles. The molecule has 0 aliphatic heterocycles. The van der Waals surface area contributed by atoms with Crippen molar-refractivity contribution in [2.45, 2.75) is 12.5 Å². The fourth-order valence-electron chi connectivity index (χ4n) is 2.05. The molecule has 3 nitrogen and oxygen atoms in total. The molecule has 0 aliphatic rings. The first-order valence-electron chi connectivity index (χ1n) is 6.96. The number of carbonyl (C=O) groups is 1. The van der Waals surface area contributed by atoms with Crippen molar-refractivity contribution >= 4 is 12.0 Å². The van der Waals surface area contributed by atoms with E-state index in [1.807, 2.05) is 60.7 Å². The van der Waals surface area contributed by atoms with Gasteiger partial charge in [-0.05, 0) is 23.6 Å². The van der Waals surface area contributed by atoms with Gasteiger partial charge >= 0.3 is 0 Å². The highest BCUT2D eigenvalue weighted by Gasteiger charge is 2.10. The average molecular weight is 281 g/mol. The van der Waals surface area contributed by atoms with Gasteiger partial charge in [0.2, 0.25) is 5.91 Å². The van der Waals surface area contributed by atoms with Crippen LogP contribution in [0.1, 0.15) is 11.1 Å². The van der Waals surface area contributed by atoms with Crippen LogP contribution in [0.5, 0.6) is 0 Å². The highest BCUT2D eigenvalue weighted by molar-refractivity contribution is 5.91. The number of benzene rings is 2. The summed E-state index contributed by atoms with van der Waals surface area (Å²) in [6.45, 7) is -0.0835. The van der Waals surface area contributed by atoms with Crippen LogP contribution in [0.15, 0.2) is 66.7 Å². The molecule has 108 valence electrons. The Labute approximate surface area is 124 Å². The summed E-state index contributed by atoms with van der Waals surface area (Å²) in [5, 5.41) is 12.2. The largest absolute Gasteiger partial charge is 0.394 e. The molecule has 0 aromatic heterocycles. The van der Waals surface area contributed by atoms with Gasteiger partial charge in [-0.25, -0.2) is 0 Å². The molecule has 1 atom stereocenters. The van der Waals surface area contributed by atoms with Crippen molar-refractivity contribution in [3.63, 3.8) is 0 Å². The minimum Gasteiger partial charge on any atom is -0.394 e. The van der Waals surface area contributed by atoms with Gasteiger partial charge in [0.15, 0.2) is 0 Å². The number of rotatable bonds is 6. The monoisotopic (exact) mass is 281 g/mol. The van der Waals surface area contributed by atoms with E-state index in [-0.39, 0.29) is 18.6 Å². The Balaban J connectivity index is 1.89. The summed E-state index contributed by atoms with van der Waals surface area (Å²) in [4.78, 5) is 11.9. The van der Waals surface area contributed by atoms with E-state index in [2.05, 4.69) is 5.32 Å². The van der Waals surface area contributed by atoms with Gasteiger partial charge in [0.1, 0.15) is 0 Å². The number of aliphatic hydroxyl groups is 1. The van der Waals surface area contributed by atoms with Crippen LogP contribution in [-0.2, 0) is 11.2 Å².